The first kappa shape index (κ1) is 59.5. The van der Waals surface area contributed by atoms with Gasteiger partial charge in [-0.05, 0) is 164 Å². The predicted molar refractivity (Wildman–Crippen MR) is 268 cm³/mol. The Hall–Kier alpha value is -6.17. The Morgan fingerprint density at radius 1 is 0.282 bits per heavy atom. The molecule has 18 heteroatoms. The fourth-order valence-electron chi connectivity index (χ4n) is 9.76. The van der Waals surface area contributed by atoms with E-state index in [0.717, 1.165) is 0 Å². The summed E-state index contributed by atoms with van der Waals surface area (Å²) in [6.07, 6.45) is 0. The van der Waals surface area contributed by atoms with Crippen LogP contribution >= 0.6 is 0 Å². The minimum Gasteiger partial charge on any atom is -0.482 e. The second kappa shape index (κ2) is 26.7. The molecular formula is C60H44F4K2O12+2. The molecule has 4 N–H and O–H groups in total. The van der Waals surface area contributed by atoms with Crippen molar-refractivity contribution in [1.82, 2.24) is 0 Å². The van der Waals surface area contributed by atoms with Gasteiger partial charge >= 0.3 is 127 Å². The normalized spacial score (nSPS) is 15.3. The van der Waals surface area contributed by atoms with Gasteiger partial charge in [-0.15, -0.1) is 0 Å². The number of rotatable bonds is 16. The van der Waals surface area contributed by atoms with Gasteiger partial charge in [-0.3, -0.25) is 0 Å². The predicted octanol–water partition coefficient (Wildman–Crippen LogP) is 5.14. The molecule has 9 rings (SSSR count). The van der Waals surface area contributed by atoms with E-state index in [4.69, 9.17) is 18.9 Å². The summed E-state index contributed by atoms with van der Waals surface area (Å²) in [4.78, 5) is 48.5. The average molecular weight is 1110 g/mol. The molecule has 0 amide bonds. The first-order valence-corrected chi connectivity index (χ1v) is 23.5. The van der Waals surface area contributed by atoms with E-state index >= 15 is 0 Å². The van der Waals surface area contributed by atoms with Crippen LogP contribution in [-0.4, -0.2) is 70.7 Å². The van der Waals surface area contributed by atoms with Gasteiger partial charge in [0.1, 0.15) is 46.3 Å². The van der Waals surface area contributed by atoms with Crippen molar-refractivity contribution in [2.75, 3.05) is 26.4 Å². The Morgan fingerprint density at radius 3 is 0.577 bits per heavy atom. The Kier molecular flexibility index (Phi) is 20.3. The summed E-state index contributed by atoms with van der Waals surface area (Å²) >= 11 is 0. The third-order valence-corrected chi connectivity index (χ3v) is 12.7. The van der Waals surface area contributed by atoms with Crippen molar-refractivity contribution in [3.8, 4) is 23.0 Å². The van der Waals surface area contributed by atoms with E-state index in [1.165, 1.54) is 48.5 Å². The zero-order valence-corrected chi connectivity index (χ0v) is 48.1. The molecule has 8 aromatic carbocycles. The molecule has 0 unspecified atom stereocenters. The maximum Gasteiger partial charge on any atom is 1.00 e. The van der Waals surface area contributed by atoms with E-state index in [2.05, 4.69) is 0 Å². The molecule has 0 saturated carbocycles. The van der Waals surface area contributed by atoms with Crippen LogP contribution in [0.3, 0.4) is 0 Å². The van der Waals surface area contributed by atoms with E-state index in [-0.39, 0.29) is 126 Å². The number of hydrogen-bond acceptors (Lipinski definition) is 8. The number of carboxylic acids is 4. The Bertz CT molecular complexity index is 2920. The molecular weight excluding hydrogens is 1070 g/mol. The summed E-state index contributed by atoms with van der Waals surface area (Å²) < 4.78 is 83.6. The molecule has 0 atom stereocenters. The van der Waals surface area contributed by atoms with E-state index in [1.807, 2.05) is 0 Å². The number of aliphatic carboxylic acids is 4. The molecule has 8 bridgehead atoms. The van der Waals surface area contributed by atoms with Gasteiger partial charge in [-0.2, -0.15) is 0 Å². The molecule has 8 aromatic rings. The zero-order chi connectivity index (χ0) is 53.6. The van der Waals surface area contributed by atoms with Crippen LogP contribution in [0.15, 0.2) is 170 Å². The Balaban J connectivity index is 0.00000441. The van der Waals surface area contributed by atoms with Gasteiger partial charge in [0.05, 0.1) is 0 Å². The number of carbonyl (C=O) groups is 4. The van der Waals surface area contributed by atoms with E-state index in [9.17, 15) is 57.2 Å². The van der Waals surface area contributed by atoms with Crippen LogP contribution in [-0.2, 0) is 19.2 Å². The van der Waals surface area contributed by atoms with Crippen LogP contribution in [0.5, 0.6) is 23.0 Å². The smallest absolute Gasteiger partial charge is 0.482 e. The first-order chi connectivity index (χ1) is 36.5. The van der Waals surface area contributed by atoms with Crippen molar-refractivity contribution >= 4 is 23.9 Å². The Morgan fingerprint density at radius 2 is 0.436 bits per heavy atom. The van der Waals surface area contributed by atoms with Gasteiger partial charge in [-0.1, -0.05) is 72.8 Å². The minimum atomic E-state index is -1.30. The second-order valence-corrected chi connectivity index (χ2v) is 18.0. The molecule has 1 aliphatic rings. The molecule has 0 saturated heterocycles. The number of carboxylic acid groups (broad SMARTS) is 4. The fraction of sp³-hybridized carbons (Fsp3) is 0.133. The molecule has 78 heavy (non-hydrogen) atoms. The molecule has 1 aliphatic carbocycles. The quantitative estimate of drug-likeness (QED) is 0.0740. The van der Waals surface area contributed by atoms with Crippen LogP contribution in [0.1, 0.15) is 90.4 Å². The van der Waals surface area contributed by atoms with Crippen LogP contribution in [0.2, 0.25) is 0 Å². The van der Waals surface area contributed by atoms with Crippen LogP contribution in [0.4, 0.5) is 17.6 Å². The molecule has 384 valence electrons. The van der Waals surface area contributed by atoms with Gasteiger partial charge in [0.2, 0.25) is 0 Å². The summed E-state index contributed by atoms with van der Waals surface area (Å²) in [5.74, 6) is -10.9. The fourth-order valence-corrected chi connectivity index (χ4v) is 9.76. The van der Waals surface area contributed by atoms with Crippen LogP contribution in [0.25, 0.3) is 0 Å². The maximum absolute atomic E-state index is 14.9. The topological polar surface area (TPSA) is 186 Å². The molecule has 0 spiro atoms. The molecule has 0 radical (unpaired) electrons. The number of fused-ring (bicyclic) bond motifs is 8. The molecule has 12 nitrogen and oxygen atoms in total. The monoisotopic (exact) mass is 1110 g/mol. The van der Waals surface area contributed by atoms with E-state index in [0.29, 0.717) is 66.8 Å². The molecule has 0 aliphatic heterocycles. The minimum absolute atomic E-state index is 0. The van der Waals surface area contributed by atoms with Crippen LogP contribution < -0.4 is 122 Å². The number of halogens is 4. The Labute approximate surface area is 529 Å². The largest absolute Gasteiger partial charge is 1.00 e. The number of benzene rings is 8. The molecule has 0 heterocycles. The van der Waals surface area contributed by atoms with Gasteiger partial charge in [0.25, 0.3) is 0 Å². The van der Waals surface area contributed by atoms with Crippen molar-refractivity contribution < 1.29 is 179 Å². The number of hydrogen-bond donors (Lipinski definition) is 4. The van der Waals surface area contributed by atoms with Gasteiger partial charge in [0, 0.05) is 23.7 Å². The second-order valence-electron chi connectivity index (χ2n) is 18.0. The summed E-state index contributed by atoms with van der Waals surface area (Å²) in [6.45, 7) is -3.15. The van der Waals surface area contributed by atoms with Crippen molar-refractivity contribution in [2.45, 2.75) is 23.7 Å². The van der Waals surface area contributed by atoms with Crippen molar-refractivity contribution in [1.29, 1.82) is 0 Å². The summed E-state index contributed by atoms with van der Waals surface area (Å²) in [5, 5.41) is 39.6. The molecule has 0 aromatic heterocycles. The van der Waals surface area contributed by atoms with Crippen LogP contribution in [0, 0.1) is 23.3 Å². The van der Waals surface area contributed by atoms with Gasteiger partial charge in [0.15, 0.2) is 26.4 Å². The van der Waals surface area contributed by atoms with Gasteiger partial charge < -0.3 is 39.4 Å². The third-order valence-electron chi connectivity index (χ3n) is 12.7. The number of ether oxygens (including phenoxy) is 4. The first-order valence-electron chi connectivity index (χ1n) is 23.5. The van der Waals surface area contributed by atoms with E-state index in [1.54, 1.807) is 121 Å². The van der Waals surface area contributed by atoms with Crippen molar-refractivity contribution in [3.05, 3.63) is 260 Å². The van der Waals surface area contributed by atoms with Crippen molar-refractivity contribution in [3.63, 3.8) is 0 Å². The summed E-state index contributed by atoms with van der Waals surface area (Å²) in [7, 11) is 0. The van der Waals surface area contributed by atoms with Gasteiger partial charge in [-0.25, -0.2) is 36.7 Å². The summed E-state index contributed by atoms with van der Waals surface area (Å²) in [5.41, 5.74) is 5.38. The van der Waals surface area contributed by atoms with E-state index < -0.39 is 97.2 Å². The van der Waals surface area contributed by atoms with Crippen molar-refractivity contribution in [2.24, 2.45) is 0 Å². The maximum atomic E-state index is 14.9. The molecule has 0 fully saturated rings. The average Bonchev–Trinajstić information content (AvgIpc) is 3.57. The zero-order valence-electron chi connectivity index (χ0n) is 41.9. The summed E-state index contributed by atoms with van der Waals surface area (Å²) in [6, 6.07) is 42.4. The third kappa shape index (κ3) is 14.7. The standard InChI is InChI=1S/C60H44F4O12.2K/c61-45-9-1-33(2-10-45)57-37-17-39(23-49(21-37)73-29-53(65)66)58(34-3-11-46(62)12-4-34)41-19-43(27-51(25-41)75-31-55(69)70)60(36-7-15-48(64)16-8-36)44-20-42(26-52(28-44)76-32-56(71)72)59(35-5-13-47(63)14-6-35)40-18-38(57)22-50(24-40)74-30-54(67)68;;/h1-28,57-60H,29-32H2,(H,65,66)(H,67,68)(H,69,70)(H,71,72);;/q;2*+1. The SMILES string of the molecule is O=C(O)COc1cc2cc(c1)C(c1ccc(F)cc1)c1cc(OCC(=O)O)cc(c1)C(c1ccc(F)cc1)c1cc(OCC(=O)O)cc(c1)C(c1ccc(F)cc1)c1cc(OCC(=O)O)cc(c1)C2c1ccc(F)cc1.[K+].[K+].